The van der Waals surface area contributed by atoms with Crippen molar-refractivity contribution in [1.82, 2.24) is 9.88 Å². The van der Waals surface area contributed by atoms with Gasteiger partial charge in [0.1, 0.15) is 0 Å². The van der Waals surface area contributed by atoms with E-state index in [9.17, 15) is 9.59 Å². The van der Waals surface area contributed by atoms with Crippen molar-refractivity contribution in [2.45, 2.75) is 19.8 Å². The third-order valence-electron chi connectivity index (χ3n) is 3.46. The molecule has 0 aliphatic carbocycles. The quantitative estimate of drug-likeness (QED) is 0.756. The van der Waals surface area contributed by atoms with E-state index in [1.54, 1.807) is 23.2 Å². The minimum atomic E-state index is -0.174. The van der Waals surface area contributed by atoms with Crippen molar-refractivity contribution in [2.75, 3.05) is 20.2 Å². The average molecular weight is 262 g/mol. The van der Waals surface area contributed by atoms with Crippen LogP contribution in [-0.4, -0.2) is 42.0 Å². The number of aromatic nitrogens is 1. The first-order valence-corrected chi connectivity index (χ1v) is 6.41. The summed E-state index contributed by atoms with van der Waals surface area (Å²) in [5.74, 6) is -0.242. The number of rotatable bonds is 2. The molecule has 0 radical (unpaired) electrons. The summed E-state index contributed by atoms with van der Waals surface area (Å²) in [6, 6.07) is 3.51. The molecule has 1 saturated heterocycles. The maximum absolute atomic E-state index is 12.3. The lowest BCUT2D eigenvalue weighted by Gasteiger charge is -2.30. The molecule has 5 heteroatoms. The smallest absolute Gasteiger partial charge is 0.308 e. The van der Waals surface area contributed by atoms with Crippen LogP contribution in [0.3, 0.4) is 0 Å². The Kier molecular flexibility index (Phi) is 4.14. The van der Waals surface area contributed by atoms with Gasteiger partial charge in [0.25, 0.3) is 5.91 Å². The molecule has 2 heterocycles. The molecular formula is C14H18N2O3. The molecule has 0 aromatic carbocycles. The van der Waals surface area contributed by atoms with Crippen molar-refractivity contribution in [1.29, 1.82) is 0 Å². The fraction of sp³-hybridized carbons (Fsp3) is 0.500. The lowest BCUT2D eigenvalue weighted by molar-refractivity contribution is -0.146. The van der Waals surface area contributed by atoms with Crippen LogP contribution in [0.5, 0.6) is 0 Å². The maximum Gasteiger partial charge on any atom is 0.308 e. The second-order valence-corrected chi connectivity index (χ2v) is 4.78. The van der Waals surface area contributed by atoms with Crippen molar-refractivity contribution in [2.24, 2.45) is 5.92 Å². The second kappa shape index (κ2) is 5.82. The standard InChI is InChI=1S/C14H18N2O3/c1-10-9-12(3-6-15-10)13(17)16-7-4-11(5-8-16)14(18)19-2/h3,6,9,11H,4-5,7-8H2,1-2H3. The zero-order valence-electron chi connectivity index (χ0n) is 11.3. The van der Waals surface area contributed by atoms with Crippen LogP contribution in [0, 0.1) is 12.8 Å². The molecule has 1 aromatic rings. The average Bonchev–Trinajstić information content (AvgIpc) is 2.46. The van der Waals surface area contributed by atoms with E-state index in [0.29, 0.717) is 31.5 Å². The summed E-state index contributed by atoms with van der Waals surface area (Å²) in [6.45, 7) is 3.06. The Morgan fingerprint density at radius 2 is 2.05 bits per heavy atom. The number of nitrogens with zero attached hydrogens (tertiary/aromatic N) is 2. The summed E-state index contributed by atoms with van der Waals surface area (Å²) in [6.07, 6.45) is 2.98. The van der Waals surface area contributed by atoms with E-state index in [1.165, 1.54) is 7.11 Å². The topological polar surface area (TPSA) is 59.5 Å². The first-order valence-electron chi connectivity index (χ1n) is 6.41. The maximum atomic E-state index is 12.3. The second-order valence-electron chi connectivity index (χ2n) is 4.78. The Morgan fingerprint density at radius 3 is 2.63 bits per heavy atom. The van der Waals surface area contributed by atoms with Gasteiger partial charge in [-0.25, -0.2) is 0 Å². The highest BCUT2D eigenvalue weighted by molar-refractivity contribution is 5.94. The van der Waals surface area contributed by atoms with Crippen LogP contribution >= 0.6 is 0 Å². The zero-order chi connectivity index (χ0) is 13.8. The number of carbonyl (C=O) groups is 2. The lowest BCUT2D eigenvalue weighted by atomic mass is 9.96. The molecule has 1 fully saturated rings. The van der Waals surface area contributed by atoms with Crippen LogP contribution in [0.25, 0.3) is 0 Å². The third-order valence-corrected chi connectivity index (χ3v) is 3.46. The van der Waals surface area contributed by atoms with E-state index in [1.807, 2.05) is 6.92 Å². The van der Waals surface area contributed by atoms with Gasteiger partial charge in [-0.05, 0) is 31.9 Å². The normalized spacial score (nSPS) is 16.2. The summed E-state index contributed by atoms with van der Waals surface area (Å²) >= 11 is 0. The summed E-state index contributed by atoms with van der Waals surface area (Å²) < 4.78 is 4.74. The molecule has 5 nitrogen and oxygen atoms in total. The van der Waals surface area contributed by atoms with Gasteiger partial charge in [-0.2, -0.15) is 0 Å². The molecule has 0 unspecified atom stereocenters. The number of esters is 1. The number of carbonyl (C=O) groups excluding carboxylic acids is 2. The Bertz CT molecular complexity index is 479. The molecule has 19 heavy (non-hydrogen) atoms. The fourth-order valence-electron chi connectivity index (χ4n) is 2.35. The molecule has 0 spiro atoms. The number of amides is 1. The molecule has 0 bridgehead atoms. The number of aryl methyl sites for hydroxylation is 1. The highest BCUT2D eigenvalue weighted by Crippen LogP contribution is 2.20. The van der Waals surface area contributed by atoms with Crippen LogP contribution in [0.4, 0.5) is 0 Å². The van der Waals surface area contributed by atoms with E-state index < -0.39 is 0 Å². The molecule has 1 aliphatic rings. The van der Waals surface area contributed by atoms with Crippen molar-refractivity contribution < 1.29 is 14.3 Å². The minimum Gasteiger partial charge on any atom is -0.469 e. The van der Waals surface area contributed by atoms with Gasteiger partial charge < -0.3 is 9.64 Å². The highest BCUT2D eigenvalue weighted by Gasteiger charge is 2.28. The molecular weight excluding hydrogens is 244 g/mol. The number of ether oxygens (including phenoxy) is 1. The van der Waals surface area contributed by atoms with Crippen LogP contribution in [-0.2, 0) is 9.53 Å². The van der Waals surface area contributed by atoms with Gasteiger partial charge in [0, 0.05) is 30.5 Å². The van der Waals surface area contributed by atoms with E-state index >= 15 is 0 Å². The molecule has 2 rings (SSSR count). The Morgan fingerprint density at radius 1 is 1.37 bits per heavy atom. The van der Waals surface area contributed by atoms with Crippen molar-refractivity contribution >= 4 is 11.9 Å². The Balaban J connectivity index is 1.98. The molecule has 1 aromatic heterocycles. The number of hydrogen-bond donors (Lipinski definition) is 0. The molecule has 1 aliphatic heterocycles. The predicted molar refractivity (Wildman–Crippen MR) is 69.6 cm³/mol. The number of hydrogen-bond acceptors (Lipinski definition) is 4. The van der Waals surface area contributed by atoms with E-state index in [4.69, 9.17) is 4.74 Å². The number of piperidine rings is 1. The molecule has 0 atom stereocenters. The van der Waals surface area contributed by atoms with Crippen molar-refractivity contribution in [3.05, 3.63) is 29.6 Å². The predicted octanol–water partition coefficient (Wildman–Crippen LogP) is 1.42. The van der Waals surface area contributed by atoms with Gasteiger partial charge in [-0.15, -0.1) is 0 Å². The van der Waals surface area contributed by atoms with E-state index in [0.717, 1.165) is 5.69 Å². The summed E-state index contributed by atoms with van der Waals surface area (Å²) in [7, 11) is 1.40. The monoisotopic (exact) mass is 262 g/mol. The van der Waals surface area contributed by atoms with Gasteiger partial charge in [0.05, 0.1) is 13.0 Å². The van der Waals surface area contributed by atoms with Gasteiger partial charge in [-0.3, -0.25) is 14.6 Å². The summed E-state index contributed by atoms with van der Waals surface area (Å²) in [5, 5.41) is 0. The van der Waals surface area contributed by atoms with Crippen LogP contribution in [0.2, 0.25) is 0 Å². The third kappa shape index (κ3) is 3.10. The van der Waals surface area contributed by atoms with Crippen LogP contribution in [0.1, 0.15) is 28.9 Å². The number of likely N-dealkylation sites (tertiary alicyclic amines) is 1. The minimum absolute atomic E-state index is 0.00816. The Hall–Kier alpha value is -1.91. The number of methoxy groups -OCH3 is 1. The van der Waals surface area contributed by atoms with E-state index in [-0.39, 0.29) is 17.8 Å². The van der Waals surface area contributed by atoms with Crippen molar-refractivity contribution in [3.63, 3.8) is 0 Å². The molecule has 1 amide bonds. The molecule has 0 saturated carbocycles. The Labute approximate surface area is 112 Å². The summed E-state index contributed by atoms with van der Waals surface area (Å²) in [4.78, 5) is 29.6. The SMILES string of the molecule is COC(=O)C1CCN(C(=O)c2ccnc(C)c2)CC1. The first-order chi connectivity index (χ1) is 9.11. The van der Waals surface area contributed by atoms with Gasteiger partial charge in [0.2, 0.25) is 0 Å². The zero-order valence-corrected chi connectivity index (χ0v) is 11.3. The molecule has 0 N–H and O–H groups in total. The highest BCUT2D eigenvalue weighted by atomic mass is 16.5. The van der Waals surface area contributed by atoms with Gasteiger partial charge >= 0.3 is 5.97 Å². The van der Waals surface area contributed by atoms with Crippen LogP contribution < -0.4 is 0 Å². The van der Waals surface area contributed by atoms with Gasteiger partial charge in [-0.1, -0.05) is 0 Å². The number of pyridine rings is 1. The van der Waals surface area contributed by atoms with Crippen molar-refractivity contribution in [3.8, 4) is 0 Å². The fourth-order valence-corrected chi connectivity index (χ4v) is 2.35. The lowest BCUT2D eigenvalue weighted by Crippen LogP contribution is -2.40. The van der Waals surface area contributed by atoms with Gasteiger partial charge in [0.15, 0.2) is 0 Å². The summed E-state index contributed by atoms with van der Waals surface area (Å²) in [5.41, 5.74) is 1.49. The van der Waals surface area contributed by atoms with Crippen LogP contribution in [0.15, 0.2) is 18.3 Å². The first kappa shape index (κ1) is 13.5. The van der Waals surface area contributed by atoms with E-state index in [2.05, 4.69) is 4.98 Å². The largest absolute Gasteiger partial charge is 0.469 e. The molecule has 102 valence electrons.